The molecule has 2 aliphatic rings. The van der Waals surface area contributed by atoms with Gasteiger partial charge in [0.05, 0.1) is 5.69 Å². The minimum absolute atomic E-state index is 0.657. The van der Waals surface area contributed by atoms with Gasteiger partial charge in [-0.15, -0.1) is 0 Å². The Hall–Kier alpha value is -1.85. The zero-order valence-corrected chi connectivity index (χ0v) is 17.5. The molecule has 0 unspecified atom stereocenters. The van der Waals surface area contributed by atoms with Crippen LogP contribution in [0.15, 0.2) is 36.4 Å². The minimum atomic E-state index is 0.657. The van der Waals surface area contributed by atoms with Crippen LogP contribution in [0.2, 0.25) is 0 Å². The van der Waals surface area contributed by atoms with Crippen LogP contribution in [-0.4, -0.2) is 65.3 Å². The number of nitrogens with one attached hydrogen (secondary N) is 1. The molecular formula is C23H35N5. The molecule has 2 aliphatic heterocycles. The lowest BCUT2D eigenvalue weighted by Gasteiger charge is -2.44. The molecule has 2 saturated heterocycles. The molecule has 4 rings (SSSR count). The average Bonchev–Trinajstić information content (AvgIpc) is 3.15. The maximum absolute atomic E-state index is 4.50. The fourth-order valence-electron chi connectivity index (χ4n) is 4.71. The predicted octanol–water partition coefficient (Wildman–Crippen LogP) is 3.39. The van der Waals surface area contributed by atoms with Crippen molar-refractivity contribution in [1.29, 1.82) is 0 Å². The van der Waals surface area contributed by atoms with Crippen molar-refractivity contribution in [3.8, 4) is 0 Å². The lowest BCUT2D eigenvalue weighted by Crippen LogP contribution is -2.55. The molecule has 2 aromatic rings. The first-order valence-corrected chi connectivity index (χ1v) is 11.0. The van der Waals surface area contributed by atoms with E-state index >= 15 is 0 Å². The number of piperazine rings is 1. The van der Waals surface area contributed by atoms with E-state index in [0.29, 0.717) is 12.0 Å². The van der Waals surface area contributed by atoms with E-state index in [4.69, 9.17) is 0 Å². The van der Waals surface area contributed by atoms with Crippen molar-refractivity contribution in [2.45, 2.75) is 45.7 Å². The van der Waals surface area contributed by atoms with Gasteiger partial charge < -0.3 is 4.90 Å². The molecule has 1 aromatic heterocycles. The van der Waals surface area contributed by atoms with Gasteiger partial charge in [-0.3, -0.25) is 14.9 Å². The molecule has 2 fully saturated rings. The van der Waals surface area contributed by atoms with E-state index in [9.17, 15) is 0 Å². The molecular weight excluding hydrogens is 346 g/mol. The van der Waals surface area contributed by atoms with Crippen LogP contribution in [0.3, 0.4) is 0 Å². The van der Waals surface area contributed by atoms with Gasteiger partial charge in [0, 0.05) is 56.7 Å². The summed E-state index contributed by atoms with van der Waals surface area (Å²) < 4.78 is 0. The topological polar surface area (TPSA) is 38.4 Å². The normalized spacial score (nSPS) is 22.1. The molecule has 3 heterocycles. The Labute approximate surface area is 169 Å². The largest absolute Gasteiger partial charge is 0.369 e. The van der Waals surface area contributed by atoms with Crippen LogP contribution in [0.25, 0.3) is 0 Å². The lowest BCUT2D eigenvalue weighted by atomic mass is 10.0. The number of nitrogens with zero attached hydrogens (tertiary/aromatic N) is 4. The Balaban J connectivity index is 1.28. The van der Waals surface area contributed by atoms with E-state index in [1.807, 2.05) is 0 Å². The zero-order valence-electron chi connectivity index (χ0n) is 17.5. The van der Waals surface area contributed by atoms with Crippen molar-refractivity contribution in [1.82, 2.24) is 20.0 Å². The van der Waals surface area contributed by atoms with Crippen molar-refractivity contribution in [2.24, 2.45) is 5.92 Å². The maximum Gasteiger partial charge on any atom is 0.0628 e. The predicted molar refractivity (Wildman–Crippen MR) is 116 cm³/mol. The summed E-state index contributed by atoms with van der Waals surface area (Å²) in [6.45, 7) is 12.5. The fraction of sp³-hybridized carbons (Fsp3) is 0.609. The molecule has 5 heteroatoms. The van der Waals surface area contributed by atoms with Crippen molar-refractivity contribution >= 4 is 5.69 Å². The number of piperidine rings is 1. The van der Waals surface area contributed by atoms with Crippen molar-refractivity contribution in [3.63, 3.8) is 0 Å². The van der Waals surface area contributed by atoms with Gasteiger partial charge in [0.25, 0.3) is 0 Å². The molecule has 1 aromatic carbocycles. The number of aromatic amines is 1. The number of benzene rings is 1. The summed E-state index contributed by atoms with van der Waals surface area (Å²) in [4.78, 5) is 7.87. The van der Waals surface area contributed by atoms with Crippen molar-refractivity contribution in [3.05, 3.63) is 47.8 Å². The van der Waals surface area contributed by atoms with E-state index in [1.165, 1.54) is 56.1 Å². The standard InChI is InChI=1S/C23H35N5/c1-19(2)15-20-16-21(25-24-20)17-26-10-6-9-23(18-26)28-13-11-27(12-14-28)22-7-4-3-5-8-22/h3-5,7-8,16,19,23H,6,9-15,17-18H2,1-2H3,(H,24,25)/t23-/m1/s1. The average molecular weight is 382 g/mol. The molecule has 0 aliphatic carbocycles. The van der Waals surface area contributed by atoms with Crippen LogP contribution < -0.4 is 4.90 Å². The highest BCUT2D eigenvalue weighted by Crippen LogP contribution is 2.22. The van der Waals surface area contributed by atoms with Crippen LogP contribution >= 0.6 is 0 Å². The van der Waals surface area contributed by atoms with E-state index < -0.39 is 0 Å². The molecule has 0 spiro atoms. The Bertz CT molecular complexity index is 718. The Kier molecular flexibility index (Phi) is 6.33. The second-order valence-electron chi connectivity index (χ2n) is 8.87. The number of likely N-dealkylation sites (tertiary alicyclic amines) is 1. The summed E-state index contributed by atoms with van der Waals surface area (Å²) >= 11 is 0. The Morgan fingerprint density at radius 2 is 1.86 bits per heavy atom. The smallest absolute Gasteiger partial charge is 0.0628 e. The van der Waals surface area contributed by atoms with Gasteiger partial charge in [-0.1, -0.05) is 32.0 Å². The Morgan fingerprint density at radius 1 is 1.07 bits per heavy atom. The van der Waals surface area contributed by atoms with E-state index in [1.54, 1.807) is 0 Å². The number of hydrogen-bond acceptors (Lipinski definition) is 4. The first-order valence-electron chi connectivity index (χ1n) is 11.0. The highest BCUT2D eigenvalue weighted by Gasteiger charge is 2.28. The van der Waals surface area contributed by atoms with Crippen LogP contribution in [0.1, 0.15) is 38.1 Å². The first kappa shape index (κ1) is 19.5. The SMILES string of the molecule is CC(C)Cc1cc(CN2CCC[C@@H](N3CCN(c4ccccc4)CC3)C2)[nH]n1. The van der Waals surface area contributed by atoms with Crippen molar-refractivity contribution in [2.75, 3.05) is 44.2 Å². The van der Waals surface area contributed by atoms with Gasteiger partial charge in [0.15, 0.2) is 0 Å². The summed E-state index contributed by atoms with van der Waals surface area (Å²) in [5.41, 5.74) is 3.84. The molecule has 28 heavy (non-hydrogen) atoms. The second-order valence-corrected chi connectivity index (χ2v) is 8.87. The van der Waals surface area contributed by atoms with Crippen LogP contribution in [0.5, 0.6) is 0 Å². The summed E-state index contributed by atoms with van der Waals surface area (Å²) in [6, 6.07) is 13.8. The third-order valence-corrected chi connectivity index (χ3v) is 6.13. The summed E-state index contributed by atoms with van der Waals surface area (Å²) in [6.07, 6.45) is 3.70. The van der Waals surface area contributed by atoms with Crippen LogP contribution in [0.4, 0.5) is 5.69 Å². The van der Waals surface area contributed by atoms with Gasteiger partial charge in [-0.2, -0.15) is 5.10 Å². The molecule has 1 atom stereocenters. The number of hydrogen-bond donors (Lipinski definition) is 1. The maximum atomic E-state index is 4.50. The molecule has 152 valence electrons. The number of anilines is 1. The molecule has 0 radical (unpaired) electrons. The molecule has 0 bridgehead atoms. The van der Waals surface area contributed by atoms with E-state index in [0.717, 1.165) is 26.1 Å². The van der Waals surface area contributed by atoms with E-state index in [2.05, 4.69) is 75.1 Å². The highest BCUT2D eigenvalue weighted by atomic mass is 15.3. The Morgan fingerprint density at radius 3 is 2.61 bits per heavy atom. The van der Waals surface area contributed by atoms with Gasteiger partial charge in [0.1, 0.15) is 0 Å². The lowest BCUT2D eigenvalue weighted by molar-refractivity contribution is 0.0881. The monoisotopic (exact) mass is 381 g/mol. The number of para-hydroxylation sites is 1. The molecule has 1 N–H and O–H groups in total. The number of aromatic nitrogens is 2. The number of rotatable bonds is 6. The highest BCUT2D eigenvalue weighted by molar-refractivity contribution is 5.46. The first-order chi connectivity index (χ1) is 13.7. The number of H-pyrrole nitrogens is 1. The van der Waals surface area contributed by atoms with Crippen LogP contribution in [0, 0.1) is 5.92 Å². The fourth-order valence-corrected chi connectivity index (χ4v) is 4.71. The van der Waals surface area contributed by atoms with Crippen LogP contribution in [-0.2, 0) is 13.0 Å². The van der Waals surface area contributed by atoms with Gasteiger partial charge >= 0.3 is 0 Å². The van der Waals surface area contributed by atoms with Crippen molar-refractivity contribution < 1.29 is 0 Å². The minimum Gasteiger partial charge on any atom is -0.369 e. The zero-order chi connectivity index (χ0) is 19.3. The molecule has 0 saturated carbocycles. The second kappa shape index (κ2) is 9.10. The van der Waals surface area contributed by atoms with Gasteiger partial charge in [0.2, 0.25) is 0 Å². The van der Waals surface area contributed by atoms with E-state index in [-0.39, 0.29) is 0 Å². The third kappa shape index (κ3) is 4.95. The summed E-state index contributed by atoms with van der Waals surface area (Å²) in [5.74, 6) is 0.657. The quantitative estimate of drug-likeness (QED) is 0.832. The molecule has 5 nitrogen and oxygen atoms in total. The van der Waals surface area contributed by atoms with Gasteiger partial charge in [-0.05, 0) is 49.9 Å². The van der Waals surface area contributed by atoms with Gasteiger partial charge in [-0.25, -0.2) is 0 Å². The third-order valence-electron chi connectivity index (χ3n) is 6.13. The molecule has 0 amide bonds. The summed E-state index contributed by atoms with van der Waals surface area (Å²) in [5, 5.41) is 7.77. The summed E-state index contributed by atoms with van der Waals surface area (Å²) in [7, 11) is 0.